The number of hydrogen-bond acceptors (Lipinski definition) is 9. The third kappa shape index (κ3) is 6.21. The summed E-state index contributed by atoms with van der Waals surface area (Å²) in [7, 11) is 0. The van der Waals surface area contributed by atoms with Gasteiger partial charge in [-0.15, -0.1) is 0 Å². The van der Waals surface area contributed by atoms with E-state index in [1.165, 1.54) is 12.1 Å². The maximum absolute atomic E-state index is 12.3. The van der Waals surface area contributed by atoms with Crippen LogP contribution < -0.4 is 32.1 Å². The molecule has 2 amide bonds. The molecule has 0 saturated carbocycles. The van der Waals surface area contributed by atoms with Gasteiger partial charge in [-0.25, -0.2) is 4.79 Å². The largest absolute Gasteiger partial charge is 0.481 e. The summed E-state index contributed by atoms with van der Waals surface area (Å²) in [6.07, 6.45) is -0.200. The molecule has 1 aliphatic heterocycles. The first-order valence-electron chi connectivity index (χ1n) is 10.2. The number of aromatic nitrogens is 2. The number of H-pyrrole nitrogens is 1. The third-order valence-corrected chi connectivity index (χ3v) is 4.93. The summed E-state index contributed by atoms with van der Waals surface area (Å²) in [5, 5.41) is 31.8. The number of anilines is 4. The molecule has 1 aromatic heterocycles. The zero-order valence-electron chi connectivity index (χ0n) is 17.8. The van der Waals surface area contributed by atoms with E-state index in [-0.39, 0.29) is 36.1 Å². The Labute approximate surface area is 192 Å². The van der Waals surface area contributed by atoms with Crippen molar-refractivity contribution in [2.24, 2.45) is 0 Å². The number of aliphatic carboxylic acids is 2. The number of nitrogens with one attached hydrogen (secondary N) is 6. The molecule has 1 aromatic carbocycles. The number of amides is 2. The predicted molar refractivity (Wildman–Crippen MR) is 121 cm³/mol. The van der Waals surface area contributed by atoms with Crippen molar-refractivity contribution in [3.05, 3.63) is 40.2 Å². The van der Waals surface area contributed by atoms with Crippen LogP contribution in [0.3, 0.4) is 0 Å². The van der Waals surface area contributed by atoms with Crippen LogP contribution in [0, 0.1) is 0 Å². The molecule has 3 rings (SSSR count). The van der Waals surface area contributed by atoms with Crippen molar-refractivity contribution in [2.45, 2.75) is 24.9 Å². The lowest BCUT2D eigenvalue weighted by molar-refractivity contribution is -0.140. The van der Waals surface area contributed by atoms with Gasteiger partial charge in [0.1, 0.15) is 11.7 Å². The molecule has 0 aliphatic carbocycles. The molecule has 2 heterocycles. The average Bonchev–Trinajstić information content (AvgIpc) is 2.80. The molecule has 0 saturated heterocycles. The van der Waals surface area contributed by atoms with Gasteiger partial charge in [0.05, 0.1) is 6.04 Å². The summed E-state index contributed by atoms with van der Waals surface area (Å²) in [5.41, 5.74) is 0.709. The van der Waals surface area contributed by atoms with E-state index in [4.69, 9.17) is 10.2 Å². The third-order valence-electron chi connectivity index (χ3n) is 4.93. The van der Waals surface area contributed by atoms with Crippen LogP contribution in [0.25, 0.3) is 0 Å². The zero-order valence-corrected chi connectivity index (χ0v) is 17.8. The van der Waals surface area contributed by atoms with E-state index in [2.05, 4.69) is 36.6 Å². The fourth-order valence-electron chi connectivity index (χ4n) is 3.20. The minimum atomic E-state index is -1.31. The van der Waals surface area contributed by atoms with Gasteiger partial charge < -0.3 is 31.5 Å². The highest BCUT2D eigenvalue weighted by Gasteiger charge is 2.23. The van der Waals surface area contributed by atoms with Crippen LogP contribution >= 0.6 is 0 Å². The maximum atomic E-state index is 12.3. The van der Waals surface area contributed by atoms with Crippen LogP contribution in [0.5, 0.6) is 0 Å². The van der Waals surface area contributed by atoms with E-state index >= 15 is 0 Å². The number of aromatic amines is 1. The Hall–Kier alpha value is -4.62. The van der Waals surface area contributed by atoms with Crippen molar-refractivity contribution in [2.75, 3.05) is 34.4 Å². The number of fused-ring (bicyclic) bond motifs is 1. The van der Waals surface area contributed by atoms with Crippen LogP contribution in [-0.4, -0.2) is 69.6 Å². The predicted octanol–water partition coefficient (Wildman–Crippen LogP) is -0.296. The smallest absolute Gasteiger partial charge is 0.326 e. The average molecular weight is 473 g/mol. The van der Waals surface area contributed by atoms with Crippen LogP contribution in [0.1, 0.15) is 23.2 Å². The van der Waals surface area contributed by atoms with Gasteiger partial charge in [0.25, 0.3) is 11.5 Å². The van der Waals surface area contributed by atoms with E-state index < -0.39 is 29.4 Å². The first kappa shape index (κ1) is 24.0. The molecule has 1 unspecified atom stereocenters. The quantitative estimate of drug-likeness (QED) is 0.198. The maximum Gasteiger partial charge on any atom is 0.326 e. The van der Waals surface area contributed by atoms with E-state index in [9.17, 15) is 24.0 Å². The molecule has 180 valence electrons. The van der Waals surface area contributed by atoms with Gasteiger partial charge in [-0.3, -0.25) is 29.5 Å². The highest BCUT2D eigenvalue weighted by atomic mass is 16.4. The molecule has 0 fully saturated rings. The number of carbonyl (C=O) groups is 4. The summed E-state index contributed by atoms with van der Waals surface area (Å²) >= 11 is 0. The Kier molecular flexibility index (Phi) is 7.63. The summed E-state index contributed by atoms with van der Waals surface area (Å²) in [6.45, 7) is 0.867. The van der Waals surface area contributed by atoms with Gasteiger partial charge in [0, 0.05) is 30.8 Å². The van der Waals surface area contributed by atoms with Crippen LogP contribution in [0.4, 0.5) is 23.1 Å². The van der Waals surface area contributed by atoms with E-state index in [0.717, 1.165) is 0 Å². The van der Waals surface area contributed by atoms with Gasteiger partial charge in [0.15, 0.2) is 5.82 Å². The minimum Gasteiger partial charge on any atom is -0.481 e. The summed E-state index contributed by atoms with van der Waals surface area (Å²) < 4.78 is 0. The van der Waals surface area contributed by atoms with Gasteiger partial charge in [-0.05, 0) is 30.7 Å². The van der Waals surface area contributed by atoms with Gasteiger partial charge in [0.2, 0.25) is 12.4 Å². The number of benzene rings is 1. The Balaban J connectivity index is 1.54. The summed E-state index contributed by atoms with van der Waals surface area (Å²) in [5.74, 6) is -2.74. The highest BCUT2D eigenvalue weighted by Crippen LogP contribution is 2.20. The second-order valence-corrected chi connectivity index (χ2v) is 7.38. The second-order valence-electron chi connectivity index (χ2n) is 7.38. The Morgan fingerprint density at radius 3 is 2.59 bits per heavy atom. The number of carbonyl (C=O) groups excluding carboxylic acids is 2. The fourth-order valence-corrected chi connectivity index (χ4v) is 3.20. The first-order valence-corrected chi connectivity index (χ1v) is 10.2. The van der Waals surface area contributed by atoms with Crippen molar-refractivity contribution in [3.63, 3.8) is 0 Å². The van der Waals surface area contributed by atoms with Gasteiger partial charge in [-0.1, -0.05) is 0 Å². The number of nitrogens with zero attached hydrogens (tertiary/aromatic N) is 1. The molecule has 0 spiro atoms. The molecular formula is C20H23N7O7. The van der Waals surface area contributed by atoms with Crippen molar-refractivity contribution in [1.29, 1.82) is 0 Å². The van der Waals surface area contributed by atoms with E-state index in [0.29, 0.717) is 31.0 Å². The van der Waals surface area contributed by atoms with Crippen molar-refractivity contribution >= 4 is 47.4 Å². The normalized spacial score (nSPS) is 15.0. The van der Waals surface area contributed by atoms with Crippen LogP contribution in [0.2, 0.25) is 0 Å². The summed E-state index contributed by atoms with van der Waals surface area (Å²) in [4.78, 5) is 63.5. The molecular weight excluding hydrogens is 450 g/mol. The number of carboxylic acid groups (broad SMARTS) is 2. The fraction of sp³-hybridized carbons (Fsp3) is 0.300. The monoisotopic (exact) mass is 473 g/mol. The Bertz CT molecular complexity index is 1130. The highest BCUT2D eigenvalue weighted by molar-refractivity contribution is 5.97. The molecule has 0 bridgehead atoms. The lowest BCUT2D eigenvalue weighted by Crippen LogP contribution is -2.41. The second kappa shape index (κ2) is 10.8. The molecule has 0 radical (unpaired) electrons. The number of rotatable bonds is 11. The van der Waals surface area contributed by atoms with E-state index in [1.807, 2.05) is 0 Å². The summed E-state index contributed by atoms with van der Waals surface area (Å²) in [6, 6.07) is 4.80. The van der Waals surface area contributed by atoms with E-state index in [1.54, 1.807) is 12.1 Å². The van der Waals surface area contributed by atoms with Gasteiger partial charge >= 0.3 is 11.9 Å². The first-order chi connectivity index (χ1) is 16.3. The standard InChI is InChI=1S/C20H23N7O7/c28-9-23-20-26-16-15(18(32)27-20)24-12(8-22-16)7-21-11-3-1-10(2-4-11)17(31)25-13(19(33)34)5-6-14(29)30/h1-4,9,12-13,21,24H,5-8H2,(H,25,31)(H,29,30)(H,33,34)(H3,22,23,26,27,28,32)/t12?,13-/m0/s1. The van der Waals surface area contributed by atoms with Crippen LogP contribution in [0.15, 0.2) is 29.1 Å². The Morgan fingerprint density at radius 1 is 1.21 bits per heavy atom. The SMILES string of the molecule is O=CNc1nc2c(c(=O)[nH]1)NC(CNc1ccc(C(=O)N[C@@H](CCC(=O)O)C(=O)O)cc1)CN2. The molecule has 8 N–H and O–H groups in total. The molecule has 34 heavy (non-hydrogen) atoms. The number of carboxylic acids is 2. The topological polar surface area (TPSA) is 215 Å². The molecule has 14 nitrogen and oxygen atoms in total. The Morgan fingerprint density at radius 2 is 1.94 bits per heavy atom. The minimum absolute atomic E-state index is 0.0327. The molecule has 2 atom stereocenters. The van der Waals surface area contributed by atoms with Crippen molar-refractivity contribution in [1.82, 2.24) is 15.3 Å². The van der Waals surface area contributed by atoms with Crippen molar-refractivity contribution in [3.8, 4) is 0 Å². The van der Waals surface area contributed by atoms with Crippen LogP contribution in [-0.2, 0) is 14.4 Å². The molecule has 14 heteroatoms. The number of hydrogen-bond donors (Lipinski definition) is 8. The molecule has 2 aromatic rings. The lowest BCUT2D eigenvalue weighted by atomic mass is 10.1. The van der Waals surface area contributed by atoms with Crippen molar-refractivity contribution < 1.29 is 29.4 Å². The lowest BCUT2D eigenvalue weighted by Gasteiger charge is -2.27. The van der Waals surface area contributed by atoms with Gasteiger partial charge in [-0.2, -0.15) is 4.98 Å². The molecule has 1 aliphatic rings. The zero-order chi connectivity index (χ0) is 24.7.